The normalized spacial score (nSPS) is 18.5. The Kier molecular flexibility index (Phi) is 3.72. The van der Waals surface area contributed by atoms with E-state index in [4.69, 9.17) is 5.73 Å². The number of piperidine rings is 1. The molecule has 1 amide bonds. The molecule has 1 aliphatic rings. The van der Waals surface area contributed by atoms with Gasteiger partial charge in [0, 0.05) is 37.6 Å². The fourth-order valence-electron chi connectivity index (χ4n) is 2.59. The number of carbonyl (C=O) groups is 1. The summed E-state index contributed by atoms with van der Waals surface area (Å²) in [6.45, 7) is 1.35. The number of rotatable bonds is 2. The lowest BCUT2D eigenvalue weighted by molar-refractivity contribution is 0.0699. The predicted octanol–water partition coefficient (Wildman–Crippen LogP) is 0.869. The highest BCUT2D eigenvalue weighted by molar-refractivity contribution is 5.92. The molecule has 0 aromatic carbocycles. The quantitative estimate of drug-likeness (QED) is 0.878. The van der Waals surface area contributed by atoms with Crippen molar-refractivity contribution in [3.05, 3.63) is 42.2 Å². The minimum atomic E-state index is -0.0881. The van der Waals surface area contributed by atoms with E-state index in [0.717, 1.165) is 25.1 Å². The molecular weight excluding hydrogens is 268 g/mol. The van der Waals surface area contributed by atoms with Gasteiger partial charge in [0.2, 0.25) is 5.95 Å². The summed E-state index contributed by atoms with van der Waals surface area (Å²) in [6.07, 6.45) is 8.15. The largest absolute Gasteiger partial charge is 0.368 e. The minimum absolute atomic E-state index is 0.0881. The van der Waals surface area contributed by atoms with Gasteiger partial charge in [-0.3, -0.25) is 9.78 Å². The van der Waals surface area contributed by atoms with Crippen molar-refractivity contribution >= 4 is 11.9 Å². The number of nitrogens with zero attached hydrogens (tertiary/aromatic N) is 5. The van der Waals surface area contributed by atoms with Crippen LogP contribution in [-0.2, 0) is 0 Å². The SMILES string of the molecule is Nc1nccc([C@@H]2CCCN(C(=O)c3cnccn3)C2)n1. The second-order valence-corrected chi connectivity index (χ2v) is 5.02. The number of likely N-dealkylation sites (tertiary alicyclic amines) is 1. The molecular formula is C14H16N6O. The van der Waals surface area contributed by atoms with E-state index in [1.165, 1.54) is 12.4 Å². The number of carbonyl (C=O) groups excluding carboxylic acids is 1. The molecule has 7 nitrogen and oxygen atoms in total. The van der Waals surface area contributed by atoms with E-state index in [2.05, 4.69) is 19.9 Å². The van der Waals surface area contributed by atoms with Crippen molar-refractivity contribution in [1.82, 2.24) is 24.8 Å². The summed E-state index contributed by atoms with van der Waals surface area (Å²) in [4.78, 5) is 30.4. The van der Waals surface area contributed by atoms with Crippen molar-refractivity contribution in [3.63, 3.8) is 0 Å². The van der Waals surface area contributed by atoms with E-state index in [-0.39, 0.29) is 17.8 Å². The summed E-state index contributed by atoms with van der Waals surface area (Å²) < 4.78 is 0. The van der Waals surface area contributed by atoms with Gasteiger partial charge in [-0.25, -0.2) is 15.0 Å². The van der Waals surface area contributed by atoms with Crippen molar-refractivity contribution in [2.24, 2.45) is 0 Å². The van der Waals surface area contributed by atoms with E-state index < -0.39 is 0 Å². The third-order valence-corrected chi connectivity index (χ3v) is 3.60. The lowest BCUT2D eigenvalue weighted by Crippen LogP contribution is -2.39. The topological polar surface area (TPSA) is 97.9 Å². The molecule has 0 saturated carbocycles. The van der Waals surface area contributed by atoms with Gasteiger partial charge in [0.05, 0.1) is 11.9 Å². The highest BCUT2D eigenvalue weighted by Crippen LogP contribution is 2.26. The smallest absolute Gasteiger partial charge is 0.274 e. The first kappa shape index (κ1) is 13.4. The zero-order chi connectivity index (χ0) is 14.7. The van der Waals surface area contributed by atoms with Gasteiger partial charge in [0.1, 0.15) is 5.69 Å². The van der Waals surface area contributed by atoms with E-state index in [1.54, 1.807) is 17.3 Å². The van der Waals surface area contributed by atoms with Crippen molar-refractivity contribution in [2.75, 3.05) is 18.8 Å². The van der Waals surface area contributed by atoms with E-state index in [9.17, 15) is 4.79 Å². The molecule has 0 radical (unpaired) electrons. The molecule has 0 bridgehead atoms. The van der Waals surface area contributed by atoms with Gasteiger partial charge < -0.3 is 10.6 Å². The molecule has 2 aromatic heterocycles. The highest BCUT2D eigenvalue weighted by atomic mass is 16.2. The van der Waals surface area contributed by atoms with E-state index in [1.807, 2.05) is 6.07 Å². The van der Waals surface area contributed by atoms with Crippen LogP contribution >= 0.6 is 0 Å². The lowest BCUT2D eigenvalue weighted by Gasteiger charge is -2.32. The number of aromatic nitrogens is 4. The maximum Gasteiger partial charge on any atom is 0.274 e. The Labute approximate surface area is 122 Å². The molecule has 7 heteroatoms. The Bertz CT molecular complexity index is 632. The van der Waals surface area contributed by atoms with Crippen LogP contribution in [0.1, 0.15) is 34.9 Å². The summed E-state index contributed by atoms with van der Waals surface area (Å²) in [5.74, 6) is 0.365. The molecule has 0 aliphatic carbocycles. The highest BCUT2D eigenvalue weighted by Gasteiger charge is 2.27. The summed E-state index contributed by atoms with van der Waals surface area (Å²) in [5.41, 5.74) is 6.89. The molecule has 1 saturated heterocycles. The Hall–Kier alpha value is -2.57. The standard InChI is InChI=1S/C14H16N6O/c15-14-18-4-3-11(19-14)10-2-1-7-20(9-10)13(21)12-8-16-5-6-17-12/h3-6,8,10H,1-2,7,9H2,(H2,15,18,19)/t10-/m1/s1. The van der Waals surface area contributed by atoms with Gasteiger partial charge >= 0.3 is 0 Å². The first-order valence-electron chi connectivity index (χ1n) is 6.88. The van der Waals surface area contributed by atoms with Gasteiger partial charge in [-0.05, 0) is 18.9 Å². The molecule has 0 unspecified atom stereocenters. The van der Waals surface area contributed by atoms with Crippen molar-refractivity contribution in [1.29, 1.82) is 0 Å². The Morgan fingerprint density at radius 3 is 2.95 bits per heavy atom. The van der Waals surface area contributed by atoms with Crippen LogP contribution in [0.5, 0.6) is 0 Å². The van der Waals surface area contributed by atoms with Crippen molar-refractivity contribution in [2.45, 2.75) is 18.8 Å². The van der Waals surface area contributed by atoms with Crippen LogP contribution in [-0.4, -0.2) is 43.8 Å². The van der Waals surface area contributed by atoms with Crippen LogP contribution in [0.3, 0.4) is 0 Å². The van der Waals surface area contributed by atoms with Crippen molar-refractivity contribution < 1.29 is 4.79 Å². The molecule has 1 atom stereocenters. The van der Waals surface area contributed by atoms with Crippen LogP contribution in [0.15, 0.2) is 30.9 Å². The number of amides is 1. The van der Waals surface area contributed by atoms with Crippen molar-refractivity contribution in [3.8, 4) is 0 Å². The zero-order valence-electron chi connectivity index (χ0n) is 11.5. The van der Waals surface area contributed by atoms with Crippen LogP contribution in [0.2, 0.25) is 0 Å². The molecule has 21 heavy (non-hydrogen) atoms. The molecule has 108 valence electrons. The minimum Gasteiger partial charge on any atom is -0.368 e. The summed E-state index contributed by atoms with van der Waals surface area (Å²) in [5, 5.41) is 0. The van der Waals surface area contributed by atoms with Gasteiger partial charge in [0.25, 0.3) is 5.91 Å². The molecule has 2 N–H and O–H groups in total. The maximum atomic E-state index is 12.4. The second-order valence-electron chi connectivity index (χ2n) is 5.02. The first-order valence-corrected chi connectivity index (χ1v) is 6.88. The molecule has 1 aliphatic heterocycles. The number of anilines is 1. The van der Waals surface area contributed by atoms with Gasteiger partial charge in [-0.2, -0.15) is 0 Å². The monoisotopic (exact) mass is 284 g/mol. The fraction of sp³-hybridized carbons (Fsp3) is 0.357. The molecule has 3 heterocycles. The predicted molar refractivity (Wildman–Crippen MR) is 76.4 cm³/mol. The van der Waals surface area contributed by atoms with Crippen LogP contribution in [0, 0.1) is 0 Å². The second kappa shape index (κ2) is 5.82. The molecule has 3 rings (SSSR count). The Balaban J connectivity index is 1.75. The Morgan fingerprint density at radius 2 is 2.19 bits per heavy atom. The zero-order valence-corrected chi connectivity index (χ0v) is 11.5. The van der Waals surface area contributed by atoms with Gasteiger partial charge in [-0.15, -0.1) is 0 Å². The van der Waals surface area contributed by atoms with Crippen LogP contribution in [0.4, 0.5) is 5.95 Å². The van der Waals surface area contributed by atoms with E-state index in [0.29, 0.717) is 12.2 Å². The number of hydrogen-bond acceptors (Lipinski definition) is 6. The average Bonchev–Trinajstić information content (AvgIpc) is 2.55. The number of hydrogen-bond donors (Lipinski definition) is 1. The maximum absolute atomic E-state index is 12.4. The lowest BCUT2D eigenvalue weighted by atomic mass is 9.94. The third-order valence-electron chi connectivity index (χ3n) is 3.60. The number of nitrogen functional groups attached to an aromatic ring is 1. The summed E-state index contributed by atoms with van der Waals surface area (Å²) >= 11 is 0. The summed E-state index contributed by atoms with van der Waals surface area (Å²) in [7, 11) is 0. The average molecular weight is 284 g/mol. The number of nitrogens with two attached hydrogens (primary N) is 1. The van der Waals surface area contributed by atoms with E-state index >= 15 is 0 Å². The van der Waals surface area contributed by atoms with Crippen LogP contribution < -0.4 is 5.73 Å². The van der Waals surface area contributed by atoms with Crippen LogP contribution in [0.25, 0.3) is 0 Å². The van der Waals surface area contributed by atoms with Gasteiger partial charge in [0.15, 0.2) is 0 Å². The van der Waals surface area contributed by atoms with Gasteiger partial charge in [-0.1, -0.05) is 0 Å². The third kappa shape index (κ3) is 2.96. The summed E-state index contributed by atoms with van der Waals surface area (Å²) in [6, 6.07) is 1.86. The molecule has 0 spiro atoms. The molecule has 2 aromatic rings. The molecule has 1 fully saturated rings. The first-order chi connectivity index (χ1) is 10.2. The fourth-order valence-corrected chi connectivity index (χ4v) is 2.59. The Morgan fingerprint density at radius 1 is 1.29 bits per heavy atom.